The van der Waals surface area contributed by atoms with E-state index in [0.29, 0.717) is 17.9 Å². The number of nitrogens with zero attached hydrogens (tertiary/aromatic N) is 1. The molecule has 0 unspecified atom stereocenters. The van der Waals surface area contributed by atoms with Gasteiger partial charge in [0, 0.05) is 11.8 Å². The fourth-order valence-corrected chi connectivity index (χ4v) is 1.80. The van der Waals surface area contributed by atoms with Crippen molar-refractivity contribution in [1.82, 2.24) is 10.3 Å². The van der Waals surface area contributed by atoms with Crippen LogP contribution in [-0.4, -0.2) is 23.1 Å². The van der Waals surface area contributed by atoms with Gasteiger partial charge in [0.1, 0.15) is 0 Å². The standard InChI is InChI=1S/C15H16N2O3/c1-10-4-3-7-16-12(10)9-17-15(19)11-5-6-14(20-2)13(18)8-11/h3-8,18H,9H2,1-2H3,(H,17,19). The topological polar surface area (TPSA) is 71.5 Å². The zero-order valence-electron chi connectivity index (χ0n) is 11.4. The first-order chi connectivity index (χ1) is 9.61. The molecule has 104 valence electrons. The fourth-order valence-electron chi connectivity index (χ4n) is 1.80. The maximum Gasteiger partial charge on any atom is 0.251 e. The highest BCUT2D eigenvalue weighted by molar-refractivity contribution is 5.94. The summed E-state index contributed by atoms with van der Waals surface area (Å²) < 4.78 is 4.93. The van der Waals surface area contributed by atoms with Gasteiger partial charge in [-0.1, -0.05) is 6.07 Å². The lowest BCUT2D eigenvalue weighted by atomic mass is 10.1. The second-order valence-corrected chi connectivity index (χ2v) is 4.34. The Bertz CT molecular complexity index is 626. The number of rotatable bonds is 4. The third kappa shape index (κ3) is 3.06. The molecule has 2 aromatic rings. The summed E-state index contributed by atoms with van der Waals surface area (Å²) in [6.45, 7) is 2.28. The molecule has 0 aliphatic carbocycles. The Kier molecular flexibility index (Phi) is 4.20. The molecule has 1 heterocycles. The van der Waals surface area contributed by atoms with Gasteiger partial charge in [-0.05, 0) is 36.8 Å². The summed E-state index contributed by atoms with van der Waals surface area (Å²) in [6, 6.07) is 8.31. The number of benzene rings is 1. The number of amides is 1. The average Bonchev–Trinajstić information content (AvgIpc) is 2.46. The smallest absolute Gasteiger partial charge is 0.251 e. The van der Waals surface area contributed by atoms with Crippen molar-refractivity contribution in [3.05, 3.63) is 53.3 Å². The number of phenols is 1. The van der Waals surface area contributed by atoms with Gasteiger partial charge in [0.2, 0.25) is 0 Å². The van der Waals surface area contributed by atoms with Crippen LogP contribution in [0.2, 0.25) is 0 Å². The van der Waals surface area contributed by atoms with Crippen molar-refractivity contribution in [2.45, 2.75) is 13.5 Å². The lowest BCUT2D eigenvalue weighted by Crippen LogP contribution is -2.23. The van der Waals surface area contributed by atoms with E-state index in [9.17, 15) is 9.90 Å². The predicted molar refractivity (Wildman–Crippen MR) is 74.8 cm³/mol. The van der Waals surface area contributed by atoms with Gasteiger partial charge in [0.15, 0.2) is 11.5 Å². The Labute approximate surface area is 117 Å². The van der Waals surface area contributed by atoms with E-state index in [0.717, 1.165) is 11.3 Å². The number of pyridine rings is 1. The van der Waals surface area contributed by atoms with Gasteiger partial charge in [-0.25, -0.2) is 0 Å². The normalized spacial score (nSPS) is 10.1. The number of nitrogens with one attached hydrogen (secondary N) is 1. The summed E-state index contributed by atoms with van der Waals surface area (Å²) in [7, 11) is 1.46. The highest BCUT2D eigenvalue weighted by Gasteiger charge is 2.10. The zero-order valence-corrected chi connectivity index (χ0v) is 11.4. The van der Waals surface area contributed by atoms with Crippen LogP contribution in [-0.2, 0) is 6.54 Å². The number of phenolic OH excluding ortho intramolecular Hbond substituents is 1. The molecule has 1 aromatic carbocycles. The number of methoxy groups -OCH3 is 1. The molecule has 5 heteroatoms. The SMILES string of the molecule is COc1ccc(C(=O)NCc2ncccc2C)cc1O. The minimum atomic E-state index is -0.270. The molecule has 20 heavy (non-hydrogen) atoms. The van der Waals surface area contributed by atoms with Crippen molar-refractivity contribution in [2.24, 2.45) is 0 Å². The lowest BCUT2D eigenvalue weighted by Gasteiger charge is -2.08. The Morgan fingerprint density at radius 3 is 2.85 bits per heavy atom. The maximum absolute atomic E-state index is 12.0. The summed E-state index contributed by atoms with van der Waals surface area (Å²) >= 11 is 0. The van der Waals surface area contributed by atoms with Crippen molar-refractivity contribution in [1.29, 1.82) is 0 Å². The Morgan fingerprint density at radius 2 is 2.20 bits per heavy atom. The quantitative estimate of drug-likeness (QED) is 0.893. The molecule has 0 atom stereocenters. The van der Waals surface area contributed by atoms with Crippen LogP contribution in [0.4, 0.5) is 0 Å². The van der Waals surface area contributed by atoms with E-state index in [1.165, 1.54) is 13.2 Å². The van der Waals surface area contributed by atoms with Crippen molar-refractivity contribution < 1.29 is 14.6 Å². The minimum absolute atomic E-state index is 0.0610. The van der Waals surface area contributed by atoms with Crippen molar-refractivity contribution >= 4 is 5.91 Å². The number of carbonyl (C=O) groups is 1. The molecule has 0 radical (unpaired) electrons. The van der Waals surface area contributed by atoms with E-state index >= 15 is 0 Å². The van der Waals surface area contributed by atoms with Crippen LogP contribution in [0.5, 0.6) is 11.5 Å². The molecule has 1 amide bonds. The predicted octanol–water partition coefficient (Wildman–Crippen LogP) is 2.03. The molecule has 0 aliphatic rings. The van der Waals surface area contributed by atoms with Crippen LogP contribution in [0.1, 0.15) is 21.6 Å². The van der Waals surface area contributed by atoms with E-state index < -0.39 is 0 Å². The molecule has 0 saturated carbocycles. The third-order valence-electron chi connectivity index (χ3n) is 2.98. The molecule has 5 nitrogen and oxygen atoms in total. The van der Waals surface area contributed by atoms with Gasteiger partial charge in [0.25, 0.3) is 5.91 Å². The van der Waals surface area contributed by atoms with Gasteiger partial charge in [-0.2, -0.15) is 0 Å². The summed E-state index contributed by atoms with van der Waals surface area (Å²) in [5, 5.41) is 12.4. The number of aromatic hydroxyl groups is 1. The molecule has 2 N–H and O–H groups in total. The second kappa shape index (κ2) is 6.06. The van der Waals surface area contributed by atoms with Crippen LogP contribution in [0.3, 0.4) is 0 Å². The summed E-state index contributed by atoms with van der Waals surface area (Å²) in [5.74, 6) is 0.00398. The molecular formula is C15H16N2O3. The van der Waals surface area contributed by atoms with Crippen molar-refractivity contribution in [3.63, 3.8) is 0 Å². The molecule has 0 spiro atoms. The van der Waals surface area contributed by atoms with Crippen molar-refractivity contribution in [3.8, 4) is 11.5 Å². The van der Waals surface area contributed by atoms with Crippen LogP contribution >= 0.6 is 0 Å². The van der Waals surface area contributed by atoms with E-state index in [4.69, 9.17) is 4.74 Å². The molecular weight excluding hydrogens is 256 g/mol. The van der Waals surface area contributed by atoms with Gasteiger partial charge < -0.3 is 15.2 Å². The molecule has 2 rings (SSSR count). The highest BCUT2D eigenvalue weighted by atomic mass is 16.5. The van der Waals surface area contributed by atoms with Gasteiger partial charge in [-0.3, -0.25) is 9.78 Å². The summed E-state index contributed by atoms with van der Waals surface area (Å²) in [6.07, 6.45) is 1.69. The first-order valence-electron chi connectivity index (χ1n) is 6.17. The van der Waals surface area contributed by atoms with Crippen LogP contribution in [0.15, 0.2) is 36.5 Å². The molecule has 0 fully saturated rings. The minimum Gasteiger partial charge on any atom is -0.504 e. The van der Waals surface area contributed by atoms with Gasteiger partial charge in [0.05, 0.1) is 19.3 Å². The van der Waals surface area contributed by atoms with Crippen molar-refractivity contribution in [2.75, 3.05) is 7.11 Å². The monoisotopic (exact) mass is 272 g/mol. The van der Waals surface area contributed by atoms with Gasteiger partial charge in [-0.15, -0.1) is 0 Å². The average molecular weight is 272 g/mol. The van der Waals surface area contributed by atoms with E-state index in [2.05, 4.69) is 10.3 Å². The number of carbonyl (C=O) groups excluding carboxylic acids is 1. The first kappa shape index (κ1) is 13.9. The number of hydrogen-bond donors (Lipinski definition) is 2. The Hall–Kier alpha value is -2.56. The van der Waals surface area contributed by atoms with Crippen LogP contribution in [0, 0.1) is 6.92 Å². The van der Waals surface area contributed by atoms with Gasteiger partial charge >= 0.3 is 0 Å². The van der Waals surface area contributed by atoms with Crippen LogP contribution < -0.4 is 10.1 Å². The zero-order chi connectivity index (χ0) is 14.5. The molecule has 1 aromatic heterocycles. The fraction of sp³-hybridized carbons (Fsp3) is 0.200. The van der Waals surface area contributed by atoms with E-state index in [1.807, 2.05) is 19.1 Å². The molecule has 0 bridgehead atoms. The number of aryl methyl sites for hydroxylation is 1. The van der Waals surface area contributed by atoms with Crippen LogP contribution in [0.25, 0.3) is 0 Å². The third-order valence-corrected chi connectivity index (χ3v) is 2.98. The maximum atomic E-state index is 12.0. The lowest BCUT2D eigenvalue weighted by molar-refractivity contribution is 0.0950. The van der Waals surface area contributed by atoms with E-state index in [1.54, 1.807) is 18.3 Å². The molecule has 0 aliphatic heterocycles. The number of hydrogen-bond acceptors (Lipinski definition) is 4. The first-order valence-corrected chi connectivity index (χ1v) is 6.17. The Balaban J connectivity index is 2.05. The number of aromatic nitrogens is 1. The highest BCUT2D eigenvalue weighted by Crippen LogP contribution is 2.26. The second-order valence-electron chi connectivity index (χ2n) is 4.34. The largest absolute Gasteiger partial charge is 0.504 e. The summed E-state index contributed by atoms with van der Waals surface area (Å²) in [5.41, 5.74) is 2.21. The number of ether oxygens (including phenoxy) is 1. The Morgan fingerprint density at radius 1 is 1.40 bits per heavy atom. The van der Waals surface area contributed by atoms with E-state index in [-0.39, 0.29) is 11.7 Å². The summed E-state index contributed by atoms with van der Waals surface area (Å²) in [4.78, 5) is 16.2. The molecule has 0 saturated heterocycles.